The van der Waals surface area contributed by atoms with Gasteiger partial charge in [0.2, 0.25) is 0 Å². The molecule has 0 fully saturated rings. The predicted octanol–water partition coefficient (Wildman–Crippen LogP) is 1.15. The van der Waals surface area contributed by atoms with E-state index in [0.29, 0.717) is 6.61 Å². The second-order valence-electron chi connectivity index (χ2n) is 3.59. The zero-order chi connectivity index (χ0) is 11.3. The summed E-state index contributed by atoms with van der Waals surface area (Å²) in [5, 5.41) is 0. The summed E-state index contributed by atoms with van der Waals surface area (Å²) < 4.78 is 17.9. The molecular weight excluding hydrogens is 195 g/mol. The zero-order valence-electron chi connectivity index (χ0n) is 9.09. The van der Waals surface area contributed by atoms with Crippen molar-refractivity contribution in [2.24, 2.45) is 5.84 Å². The van der Waals surface area contributed by atoms with Gasteiger partial charge in [0, 0.05) is 13.2 Å². The lowest BCUT2D eigenvalue weighted by molar-refractivity contribution is 0.166. The number of hydrogen-bond acceptors (Lipinski definition) is 3. The van der Waals surface area contributed by atoms with Gasteiger partial charge in [-0.1, -0.05) is 6.07 Å². The van der Waals surface area contributed by atoms with Gasteiger partial charge in [-0.25, -0.2) is 4.39 Å². The maximum atomic E-state index is 12.8. The molecule has 0 heterocycles. The van der Waals surface area contributed by atoms with Crippen molar-refractivity contribution in [2.75, 3.05) is 13.7 Å². The number of nitrogens with two attached hydrogens (primary N) is 1. The van der Waals surface area contributed by atoms with Crippen molar-refractivity contribution in [1.29, 1.82) is 0 Å². The minimum atomic E-state index is -0.208. The number of methoxy groups -OCH3 is 1. The predicted molar refractivity (Wildman–Crippen MR) is 57.8 cm³/mol. The van der Waals surface area contributed by atoms with Crippen LogP contribution in [0.1, 0.15) is 11.1 Å². The highest BCUT2D eigenvalue weighted by atomic mass is 19.1. The minimum absolute atomic E-state index is 0.0548. The molecule has 0 aliphatic heterocycles. The Balaban J connectivity index is 2.70. The maximum Gasteiger partial charge on any atom is 0.123 e. The normalized spacial score (nSPS) is 12.8. The summed E-state index contributed by atoms with van der Waals surface area (Å²) >= 11 is 0. The highest BCUT2D eigenvalue weighted by Gasteiger charge is 2.09. The molecule has 0 aliphatic carbocycles. The molecule has 0 bridgehead atoms. The molecule has 0 radical (unpaired) electrons. The Morgan fingerprint density at radius 1 is 1.53 bits per heavy atom. The third-order valence-corrected chi connectivity index (χ3v) is 2.37. The summed E-state index contributed by atoms with van der Waals surface area (Å²) in [5.41, 5.74) is 4.69. The first-order valence-corrected chi connectivity index (χ1v) is 4.87. The highest BCUT2D eigenvalue weighted by Crippen LogP contribution is 2.12. The molecule has 0 saturated carbocycles. The summed E-state index contributed by atoms with van der Waals surface area (Å²) in [4.78, 5) is 0. The van der Waals surface area contributed by atoms with Crippen molar-refractivity contribution in [3.8, 4) is 0 Å². The molecule has 0 spiro atoms. The van der Waals surface area contributed by atoms with Crippen molar-refractivity contribution in [3.05, 3.63) is 35.1 Å². The quantitative estimate of drug-likeness (QED) is 0.568. The lowest BCUT2D eigenvalue weighted by Gasteiger charge is -2.16. The summed E-state index contributed by atoms with van der Waals surface area (Å²) in [6, 6.07) is 4.82. The third kappa shape index (κ3) is 3.58. The number of hydrogen-bond donors (Lipinski definition) is 2. The van der Waals surface area contributed by atoms with Crippen LogP contribution in [0.25, 0.3) is 0 Å². The Morgan fingerprint density at radius 2 is 2.27 bits per heavy atom. The number of hydrazine groups is 1. The van der Waals surface area contributed by atoms with E-state index in [-0.39, 0.29) is 11.9 Å². The van der Waals surface area contributed by atoms with Crippen molar-refractivity contribution in [1.82, 2.24) is 5.43 Å². The minimum Gasteiger partial charge on any atom is -0.383 e. The van der Waals surface area contributed by atoms with Crippen molar-refractivity contribution in [3.63, 3.8) is 0 Å². The van der Waals surface area contributed by atoms with Crippen LogP contribution in [0.4, 0.5) is 4.39 Å². The van der Waals surface area contributed by atoms with Crippen LogP contribution in [0.5, 0.6) is 0 Å². The van der Waals surface area contributed by atoms with Gasteiger partial charge in [0.05, 0.1) is 6.61 Å². The van der Waals surface area contributed by atoms with Gasteiger partial charge in [0.1, 0.15) is 5.82 Å². The van der Waals surface area contributed by atoms with Gasteiger partial charge in [-0.05, 0) is 36.6 Å². The SMILES string of the molecule is COCC(Cc1ccc(F)cc1C)NN. The third-order valence-electron chi connectivity index (χ3n) is 2.37. The van der Waals surface area contributed by atoms with E-state index in [2.05, 4.69) is 5.43 Å². The molecule has 0 amide bonds. The van der Waals surface area contributed by atoms with Crippen LogP contribution >= 0.6 is 0 Å². The average Bonchev–Trinajstić information content (AvgIpc) is 2.21. The van der Waals surface area contributed by atoms with E-state index in [4.69, 9.17) is 10.6 Å². The van der Waals surface area contributed by atoms with E-state index in [1.165, 1.54) is 12.1 Å². The topological polar surface area (TPSA) is 47.3 Å². The van der Waals surface area contributed by atoms with E-state index < -0.39 is 0 Å². The molecule has 1 aromatic rings. The Morgan fingerprint density at radius 3 is 2.80 bits per heavy atom. The monoisotopic (exact) mass is 212 g/mol. The van der Waals surface area contributed by atoms with Crippen LogP contribution in [-0.2, 0) is 11.2 Å². The molecule has 84 valence electrons. The maximum absolute atomic E-state index is 12.8. The molecule has 0 aromatic heterocycles. The van der Waals surface area contributed by atoms with Gasteiger partial charge in [-0.2, -0.15) is 0 Å². The van der Waals surface area contributed by atoms with Gasteiger partial charge in [0.15, 0.2) is 0 Å². The molecule has 1 unspecified atom stereocenters. The van der Waals surface area contributed by atoms with Gasteiger partial charge in [0.25, 0.3) is 0 Å². The summed E-state index contributed by atoms with van der Waals surface area (Å²) in [6.45, 7) is 2.42. The fraction of sp³-hybridized carbons (Fsp3) is 0.455. The molecule has 0 aliphatic rings. The van der Waals surface area contributed by atoms with Gasteiger partial charge >= 0.3 is 0 Å². The van der Waals surface area contributed by atoms with Crippen molar-refractivity contribution in [2.45, 2.75) is 19.4 Å². The lowest BCUT2D eigenvalue weighted by atomic mass is 10.0. The number of benzene rings is 1. The van der Waals surface area contributed by atoms with E-state index in [1.54, 1.807) is 13.2 Å². The molecule has 0 saturated heterocycles. The molecule has 1 aromatic carbocycles. The largest absolute Gasteiger partial charge is 0.383 e. The van der Waals surface area contributed by atoms with Crippen LogP contribution in [0.2, 0.25) is 0 Å². The van der Waals surface area contributed by atoms with Crippen LogP contribution in [-0.4, -0.2) is 19.8 Å². The Bertz CT molecular complexity index is 317. The van der Waals surface area contributed by atoms with E-state index in [0.717, 1.165) is 17.5 Å². The first-order valence-electron chi connectivity index (χ1n) is 4.87. The fourth-order valence-corrected chi connectivity index (χ4v) is 1.52. The number of ether oxygens (including phenoxy) is 1. The number of aryl methyl sites for hydroxylation is 1. The molecule has 15 heavy (non-hydrogen) atoms. The molecular formula is C11H17FN2O. The van der Waals surface area contributed by atoms with Gasteiger partial charge in [-0.3, -0.25) is 11.3 Å². The Kier molecular flexibility index (Phi) is 4.68. The molecule has 1 rings (SSSR count). The Labute approximate surface area is 89.4 Å². The fourth-order valence-electron chi connectivity index (χ4n) is 1.52. The summed E-state index contributed by atoms with van der Waals surface area (Å²) in [5.74, 6) is 5.17. The average molecular weight is 212 g/mol. The van der Waals surface area contributed by atoms with E-state index >= 15 is 0 Å². The van der Waals surface area contributed by atoms with Crippen LogP contribution in [0.3, 0.4) is 0 Å². The van der Waals surface area contributed by atoms with E-state index in [9.17, 15) is 4.39 Å². The van der Waals surface area contributed by atoms with Crippen LogP contribution < -0.4 is 11.3 Å². The number of halogens is 1. The van der Waals surface area contributed by atoms with Crippen LogP contribution in [0, 0.1) is 12.7 Å². The molecule has 3 nitrogen and oxygen atoms in total. The van der Waals surface area contributed by atoms with Gasteiger partial charge < -0.3 is 4.74 Å². The van der Waals surface area contributed by atoms with E-state index in [1.807, 2.05) is 6.92 Å². The molecule has 1 atom stereocenters. The summed E-state index contributed by atoms with van der Waals surface area (Å²) in [6.07, 6.45) is 0.733. The second-order valence-corrected chi connectivity index (χ2v) is 3.59. The summed E-state index contributed by atoms with van der Waals surface area (Å²) in [7, 11) is 1.63. The second kappa shape index (κ2) is 5.80. The first kappa shape index (κ1) is 12.1. The lowest BCUT2D eigenvalue weighted by Crippen LogP contribution is -2.40. The van der Waals surface area contributed by atoms with Crippen molar-refractivity contribution < 1.29 is 9.13 Å². The van der Waals surface area contributed by atoms with Gasteiger partial charge in [-0.15, -0.1) is 0 Å². The van der Waals surface area contributed by atoms with Crippen LogP contribution in [0.15, 0.2) is 18.2 Å². The first-order chi connectivity index (χ1) is 7.17. The Hall–Kier alpha value is -0.970. The highest BCUT2D eigenvalue weighted by molar-refractivity contribution is 5.27. The number of nitrogens with one attached hydrogen (secondary N) is 1. The molecule has 4 heteroatoms. The zero-order valence-corrected chi connectivity index (χ0v) is 9.09. The molecule has 3 N–H and O–H groups in total. The number of rotatable bonds is 5. The van der Waals surface area contributed by atoms with Crippen molar-refractivity contribution >= 4 is 0 Å². The smallest absolute Gasteiger partial charge is 0.123 e. The standard InChI is InChI=1S/C11H17FN2O/c1-8-5-10(12)4-3-9(8)6-11(14-13)7-15-2/h3-5,11,14H,6-7,13H2,1-2H3.